The van der Waals surface area contributed by atoms with Crippen LogP contribution in [0.25, 0.3) is 17.0 Å². The third-order valence-electron chi connectivity index (χ3n) is 3.06. The molecule has 0 radical (unpaired) electrons. The van der Waals surface area contributed by atoms with Crippen LogP contribution < -0.4 is 0 Å². The lowest BCUT2D eigenvalue weighted by Crippen LogP contribution is -2.11. The second kappa shape index (κ2) is 7.27. The van der Waals surface area contributed by atoms with Crippen molar-refractivity contribution in [3.63, 3.8) is 0 Å². The van der Waals surface area contributed by atoms with Gasteiger partial charge in [0.05, 0.1) is 24.6 Å². The van der Waals surface area contributed by atoms with Crippen LogP contribution in [-0.2, 0) is 9.53 Å². The van der Waals surface area contributed by atoms with E-state index in [1.54, 1.807) is 36.2 Å². The fourth-order valence-electron chi connectivity index (χ4n) is 2.10. The van der Waals surface area contributed by atoms with E-state index in [9.17, 15) is 10.1 Å². The summed E-state index contributed by atoms with van der Waals surface area (Å²) < 4.78 is 5.04. The number of carbonyl (C=O) groups is 1. The second-order valence-corrected chi connectivity index (χ2v) is 5.04. The maximum Gasteiger partial charge on any atom is 0.356 e. The van der Waals surface area contributed by atoms with Crippen molar-refractivity contribution in [2.24, 2.45) is 4.99 Å². The van der Waals surface area contributed by atoms with E-state index in [-0.39, 0.29) is 12.3 Å². The third-order valence-corrected chi connectivity index (χ3v) is 3.06. The highest BCUT2D eigenvalue weighted by atomic mass is 16.5. The van der Waals surface area contributed by atoms with Gasteiger partial charge in [0.1, 0.15) is 0 Å². The molecule has 0 spiro atoms. The molecule has 1 aromatic heterocycles. The van der Waals surface area contributed by atoms with Crippen molar-refractivity contribution in [1.82, 2.24) is 9.88 Å². The standard InChI is InChI=1S/C17H18N4O2/c1-4-23-17(22)15(20-11-21(2)3)8-13-10-19-14-7-5-6-12(9-18)16(13)14/h5-8,10-11,19H,4H2,1-3H3/b15-8+,20-11+. The lowest BCUT2D eigenvalue weighted by Gasteiger charge is -2.05. The summed E-state index contributed by atoms with van der Waals surface area (Å²) in [6.45, 7) is 2.01. The van der Waals surface area contributed by atoms with Gasteiger partial charge in [0, 0.05) is 36.8 Å². The number of benzene rings is 1. The summed E-state index contributed by atoms with van der Waals surface area (Å²) in [5, 5.41) is 10.0. The van der Waals surface area contributed by atoms with Crippen LogP contribution in [0.5, 0.6) is 0 Å². The number of aliphatic imine (C=N–C) groups is 1. The van der Waals surface area contributed by atoms with Gasteiger partial charge in [-0.1, -0.05) is 6.07 Å². The Bertz CT molecular complexity index is 810. The van der Waals surface area contributed by atoms with Crippen LogP contribution in [-0.4, -0.2) is 42.9 Å². The maximum absolute atomic E-state index is 12.1. The van der Waals surface area contributed by atoms with Crippen LogP contribution >= 0.6 is 0 Å². The number of nitrogens with one attached hydrogen (secondary N) is 1. The Kier molecular flexibility index (Phi) is 5.15. The van der Waals surface area contributed by atoms with E-state index in [0.29, 0.717) is 5.56 Å². The SMILES string of the molecule is CCOC(=O)C(=C\c1c[nH]c2cccc(C#N)c12)/N=C/N(C)C. The number of ether oxygens (including phenoxy) is 1. The highest BCUT2D eigenvalue weighted by molar-refractivity contribution is 6.00. The molecule has 0 aliphatic carbocycles. The number of rotatable bonds is 5. The predicted molar refractivity (Wildman–Crippen MR) is 89.8 cm³/mol. The molecule has 0 saturated heterocycles. The number of nitriles is 1. The lowest BCUT2D eigenvalue weighted by atomic mass is 10.1. The Labute approximate surface area is 134 Å². The molecule has 0 fully saturated rings. The Balaban J connectivity index is 2.54. The molecule has 2 aromatic rings. The highest BCUT2D eigenvalue weighted by Crippen LogP contribution is 2.24. The van der Waals surface area contributed by atoms with E-state index in [1.165, 1.54) is 6.34 Å². The molecule has 1 N–H and O–H groups in total. The van der Waals surface area contributed by atoms with Crippen LogP contribution in [0.1, 0.15) is 18.1 Å². The summed E-state index contributed by atoms with van der Waals surface area (Å²) in [5.74, 6) is -0.505. The van der Waals surface area contributed by atoms with Gasteiger partial charge < -0.3 is 14.6 Å². The van der Waals surface area contributed by atoms with Gasteiger partial charge in [-0.3, -0.25) is 0 Å². The average Bonchev–Trinajstić information content (AvgIpc) is 2.94. The Hall–Kier alpha value is -3.07. The molecule has 1 aromatic carbocycles. The molecule has 23 heavy (non-hydrogen) atoms. The minimum absolute atomic E-state index is 0.175. The molecule has 6 nitrogen and oxygen atoms in total. The minimum atomic E-state index is -0.505. The van der Waals surface area contributed by atoms with E-state index >= 15 is 0 Å². The van der Waals surface area contributed by atoms with Gasteiger partial charge in [-0.05, 0) is 25.1 Å². The number of aromatic nitrogens is 1. The third kappa shape index (κ3) is 3.77. The van der Waals surface area contributed by atoms with Crippen molar-refractivity contribution >= 4 is 29.3 Å². The van der Waals surface area contributed by atoms with Gasteiger partial charge in [-0.2, -0.15) is 5.26 Å². The van der Waals surface area contributed by atoms with Gasteiger partial charge in [-0.25, -0.2) is 9.79 Å². The van der Waals surface area contributed by atoms with Crippen LogP contribution in [0.4, 0.5) is 0 Å². The first-order valence-corrected chi connectivity index (χ1v) is 7.16. The largest absolute Gasteiger partial charge is 0.461 e. The fraction of sp³-hybridized carbons (Fsp3) is 0.235. The van der Waals surface area contributed by atoms with Crippen LogP contribution in [0.15, 0.2) is 35.1 Å². The van der Waals surface area contributed by atoms with Crippen molar-refractivity contribution in [1.29, 1.82) is 5.26 Å². The molecule has 0 unspecified atom stereocenters. The van der Waals surface area contributed by atoms with Crippen LogP contribution in [0, 0.1) is 11.3 Å². The fourth-order valence-corrected chi connectivity index (χ4v) is 2.10. The molecule has 118 valence electrons. The molecule has 0 aliphatic rings. The highest BCUT2D eigenvalue weighted by Gasteiger charge is 2.13. The number of nitrogens with zero attached hydrogens (tertiary/aromatic N) is 3. The van der Waals surface area contributed by atoms with E-state index in [0.717, 1.165) is 16.5 Å². The van der Waals surface area contributed by atoms with Gasteiger partial charge in [-0.15, -0.1) is 0 Å². The Morgan fingerprint density at radius 1 is 1.48 bits per heavy atom. The molecular formula is C17H18N4O2. The number of esters is 1. The summed E-state index contributed by atoms with van der Waals surface area (Å²) in [7, 11) is 3.62. The summed E-state index contributed by atoms with van der Waals surface area (Å²) in [6.07, 6.45) is 4.90. The number of hydrogen-bond donors (Lipinski definition) is 1. The summed E-state index contributed by atoms with van der Waals surface area (Å²) in [5.41, 5.74) is 2.26. The molecule has 0 bridgehead atoms. The van der Waals surface area contributed by atoms with Crippen molar-refractivity contribution in [3.8, 4) is 6.07 Å². The van der Waals surface area contributed by atoms with Crippen molar-refractivity contribution in [2.75, 3.05) is 20.7 Å². The quantitative estimate of drug-likeness (QED) is 0.398. The number of H-pyrrole nitrogens is 1. The van der Waals surface area contributed by atoms with Gasteiger partial charge in [0.15, 0.2) is 5.70 Å². The van der Waals surface area contributed by atoms with Crippen molar-refractivity contribution < 1.29 is 9.53 Å². The zero-order valence-electron chi connectivity index (χ0n) is 13.3. The van der Waals surface area contributed by atoms with Crippen LogP contribution in [0.2, 0.25) is 0 Å². The van der Waals surface area contributed by atoms with E-state index in [2.05, 4.69) is 16.0 Å². The maximum atomic E-state index is 12.1. The first-order valence-electron chi connectivity index (χ1n) is 7.16. The molecule has 0 saturated carbocycles. The molecule has 2 rings (SSSR count). The number of hydrogen-bond acceptors (Lipinski definition) is 4. The molecule has 0 atom stereocenters. The molecule has 6 heteroatoms. The molecule has 0 aliphatic heterocycles. The monoisotopic (exact) mass is 310 g/mol. The van der Waals surface area contributed by atoms with Gasteiger partial charge in [0.25, 0.3) is 0 Å². The summed E-state index contributed by atoms with van der Waals surface area (Å²) in [4.78, 5) is 21.1. The Morgan fingerprint density at radius 3 is 2.91 bits per heavy atom. The second-order valence-electron chi connectivity index (χ2n) is 5.04. The molecule has 0 amide bonds. The normalized spacial score (nSPS) is 11.7. The van der Waals surface area contributed by atoms with Crippen molar-refractivity contribution in [3.05, 3.63) is 41.2 Å². The van der Waals surface area contributed by atoms with E-state index < -0.39 is 5.97 Å². The first kappa shape index (κ1) is 16.3. The predicted octanol–water partition coefficient (Wildman–Crippen LogP) is 2.53. The number of aromatic amines is 1. The van der Waals surface area contributed by atoms with Crippen molar-refractivity contribution in [2.45, 2.75) is 6.92 Å². The lowest BCUT2D eigenvalue weighted by molar-refractivity contribution is -0.138. The van der Waals surface area contributed by atoms with Crippen LogP contribution in [0.3, 0.4) is 0 Å². The number of fused-ring (bicyclic) bond motifs is 1. The zero-order chi connectivity index (χ0) is 16.8. The molecule has 1 heterocycles. The number of carbonyl (C=O) groups excluding carboxylic acids is 1. The zero-order valence-corrected chi connectivity index (χ0v) is 13.3. The van der Waals surface area contributed by atoms with Gasteiger partial charge >= 0.3 is 5.97 Å². The first-order chi connectivity index (χ1) is 11.1. The summed E-state index contributed by atoms with van der Waals surface area (Å²) >= 11 is 0. The van der Waals surface area contributed by atoms with E-state index in [4.69, 9.17) is 4.74 Å². The Morgan fingerprint density at radius 2 is 2.26 bits per heavy atom. The van der Waals surface area contributed by atoms with E-state index in [1.807, 2.05) is 20.2 Å². The van der Waals surface area contributed by atoms with Gasteiger partial charge in [0.2, 0.25) is 0 Å². The smallest absolute Gasteiger partial charge is 0.356 e. The average molecular weight is 310 g/mol. The summed E-state index contributed by atoms with van der Waals surface area (Å²) in [6, 6.07) is 7.58. The minimum Gasteiger partial charge on any atom is -0.461 e. The topological polar surface area (TPSA) is 81.5 Å². The molecular weight excluding hydrogens is 292 g/mol.